The van der Waals surface area contributed by atoms with Gasteiger partial charge in [0.1, 0.15) is 12.9 Å². The van der Waals surface area contributed by atoms with Gasteiger partial charge >= 0.3 is 6.09 Å². The molecule has 1 amide bonds. The summed E-state index contributed by atoms with van der Waals surface area (Å²) in [5, 5.41) is 0. The first-order valence-electron chi connectivity index (χ1n) is 8.78. The molecule has 2 bridgehead atoms. The van der Waals surface area contributed by atoms with Crippen LogP contribution in [-0.2, 0) is 11.3 Å². The van der Waals surface area contributed by atoms with Gasteiger partial charge in [0.25, 0.3) is 0 Å². The molecule has 1 aromatic heterocycles. The van der Waals surface area contributed by atoms with Crippen LogP contribution in [0.25, 0.3) is 0 Å². The van der Waals surface area contributed by atoms with Crippen molar-refractivity contribution in [2.45, 2.75) is 44.4 Å². The van der Waals surface area contributed by atoms with Crippen molar-refractivity contribution in [3.8, 4) is 0 Å². The monoisotopic (exact) mass is 339 g/mol. The Kier molecular flexibility index (Phi) is 4.30. The molecule has 2 unspecified atom stereocenters. The fourth-order valence-corrected chi connectivity index (χ4v) is 4.12. The van der Waals surface area contributed by atoms with Gasteiger partial charge in [-0.3, -0.25) is 4.79 Å². The van der Waals surface area contributed by atoms with Crippen LogP contribution < -0.4 is 0 Å². The molecule has 2 aliphatic rings. The molecule has 5 nitrogen and oxygen atoms in total. The Hall–Kier alpha value is -2.56. The highest BCUT2D eigenvalue weighted by molar-refractivity contribution is 5.97. The maximum Gasteiger partial charge on any atom is 0.410 e. The average Bonchev–Trinajstić information content (AvgIpc) is 3.26. The number of amides is 1. The highest BCUT2D eigenvalue weighted by Gasteiger charge is 2.46. The lowest BCUT2D eigenvalue weighted by molar-refractivity contribution is 0.0485. The molecule has 5 heteroatoms. The second kappa shape index (κ2) is 6.75. The number of fused-ring (bicyclic) bond motifs is 2. The van der Waals surface area contributed by atoms with Crippen molar-refractivity contribution in [2.24, 2.45) is 5.92 Å². The Morgan fingerprint density at radius 1 is 1.08 bits per heavy atom. The van der Waals surface area contributed by atoms with Gasteiger partial charge in [-0.25, -0.2) is 4.79 Å². The number of carbonyl (C=O) groups is 2. The average molecular weight is 339 g/mol. The lowest BCUT2D eigenvalue weighted by Crippen LogP contribution is -2.48. The highest BCUT2D eigenvalue weighted by atomic mass is 16.6. The summed E-state index contributed by atoms with van der Waals surface area (Å²) < 4.78 is 10.5. The van der Waals surface area contributed by atoms with Gasteiger partial charge in [-0.15, -0.1) is 0 Å². The van der Waals surface area contributed by atoms with Crippen molar-refractivity contribution in [1.82, 2.24) is 4.90 Å². The molecule has 0 radical (unpaired) electrons. The van der Waals surface area contributed by atoms with Gasteiger partial charge in [0.2, 0.25) is 0 Å². The number of hydrogen-bond donors (Lipinski definition) is 0. The minimum Gasteiger partial charge on any atom is -0.472 e. The molecule has 0 aliphatic carbocycles. The Balaban J connectivity index is 1.38. The van der Waals surface area contributed by atoms with Crippen molar-refractivity contribution >= 4 is 11.9 Å². The predicted octanol–water partition coefficient (Wildman–Crippen LogP) is 4.04. The molecule has 2 saturated heterocycles. The maximum absolute atomic E-state index is 12.6. The van der Waals surface area contributed by atoms with E-state index in [1.807, 2.05) is 35.2 Å². The minimum atomic E-state index is -0.259. The number of ether oxygens (including phenoxy) is 1. The molecule has 25 heavy (non-hydrogen) atoms. The summed E-state index contributed by atoms with van der Waals surface area (Å²) in [7, 11) is 0. The standard InChI is InChI=1S/C20H21NO4/c22-19(15-8-9-24-13-15)16-10-17-6-7-18(11-16)21(17)20(23)25-12-14-4-2-1-3-5-14/h1-5,8-9,13,16-18H,6-7,10-12H2. The summed E-state index contributed by atoms with van der Waals surface area (Å²) in [6.07, 6.45) is 6.08. The summed E-state index contributed by atoms with van der Waals surface area (Å²) in [5.41, 5.74) is 1.61. The van der Waals surface area contributed by atoms with E-state index >= 15 is 0 Å². The third-order valence-electron chi connectivity index (χ3n) is 5.33. The van der Waals surface area contributed by atoms with Gasteiger partial charge < -0.3 is 14.1 Å². The molecule has 0 saturated carbocycles. The number of nitrogens with zero attached hydrogens (tertiary/aromatic N) is 1. The second-order valence-electron chi connectivity index (χ2n) is 6.88. The molecule has 2 aliphatic heterocycles. The second-order valence-corrected chi connectivity index (χ2v) is 6.88. The van der Waals surface area contributed by atoms with E-state index in [1.165, 1.54) is 12.5 Å². The van der Waals surface area contributed by atoms with Crippen LogP contribution in [0.5, 0.6) is 0 Å². The van der Waals surface area contributed by atoms with E-state index in [0.717, 1.165) is 18.4 Å². The van der Waals surface area contributed by atoms with Crippen molar-refractivity contribution in [2.75, 3.05) is 0 Å². The topological polar surface area (TPSA) is 59.8 Å². The van der Waals surface area contributed by atoms with E-state index in [-0.39, 0.29) is 36.5 Å². The zero-order valence-corrected chi connectivity index (χ0v) is 14.0. The van der Waals surface area contributed by atoms with Gasteiger partial charge in [-0.2, -0.15) is 0 Å². The predicted molar refractivity (Wildman–Crippen MR) is 91.0 cm³/mol. The van der Waals surface area contributed by atoms with E-state index in [0.29, 0.717) is 18.4 Å². The van der Waals surface area contributed by atoms with Crippen molar-refractivity contribution in [3.63, 3.8) is 0 Å². The molecule has 4 rings (SSSR count). The number of Topliss-reactive ketones (excluding diaryl/α,β-unsaturated/α-hetero) is 1. The van der Waals surface area contributed by atoms with Gasteiger partial charge in [0.05, 0.1) is 11.8 Å². The Morgan fingerprint density at radius 3 is 2.44 bits per heavy atom. The van der Waals surface area contributed by atoms with Crippen LogP contribution >= 0.6 is 0 Å². The van der Waals surface area contributed by atoms with Crippen LogP contribution in [0.3, 0.4) is 0 Å². The summed E-state index contributed by atoms with van der Waals surface area (Å²) in [5.74, 6) is 0.0937. The molecule has 2 aromatic rings. The normalized spacial score (nSPS) is 25.0. The van der Waals surface area contributed by atoms with Crippen molar-refractivity contribution in [3.05, 3.63) is 60.1 Å². The lowest BCUT2D eigenvalue weighted by atomic mass is 9.85. The van der Waals surface area contributed by atoms with E-state index in [2.05, 4.69) is 0 Å². The molecule has 1 aromatic carbocycles. The number of carbonyl (C=O) groups excluding carboxylic acids is 2. The Morgan fingerprint density at radius 2 is 1.80 bits per heavy atom. The van der Waals surface area contributed by atoms with Gasteiger partial charge in [0, 0.05) is 18.0 Å². The summed E-state index contributed by atoms with van der Waals surface area (Å²) in [4.78, 5) is 27.0. The van der Waals surface area contributed by atoms with Crippen LogP contribution in [0.4, 0.5) is 4.79 Å². The summed E-state index contributed by atoms with van der Waals surface area (Å²) in [6.45, 7) is 0.285. The van der Waals surface area contributed by atoms with Crippen LogP contribution in [0.15, 0.2) is 53.3 Å². The van der Waals surface area contributed by atoms with Gasteiger partial charge in [0.15, 0.2) is 5.78 Å². The molecular formula is C20H21NO4. The first kappa shape index (κ1) is 15.9. The van der Waals surface area contributed by atoms with Crippen LogP contribution in [-0.4, -0.2) is 28.9 Å². The lowest BCUT2D eigenvalue weighted by Gasteiger charge is -2.37. The van der Waals surface area contributed by atoms with Crippen molar-refractivity contribution in [1.29, 1.82) is 0 Å². The molecule has 3 heterocycles. The number of rotatable bonds is 4. The smallest absolute Gasteiger partial charge is 0.410 e. The summed E-state index contributed by atoms with van der Waals surface area (Å²) in [6, 6.07) is 11.6. The third kappa shape index (κ3) is 3.18. The molecule has 130 valence electrons. The molecule has 2 atom stereocenters. The van der Waals surface area contributed by atoms with Gasteiger partial charge in [-0.05, 0) is 37.3 Å². The zero-order valence-electron chi connectivity index (χ0n) is 14.0. The number of ketones is 1. The van der Waals surface area contributed by atoms with Crippen LogP contribution in [0.1, 0.15) is 41.6 Å². The van der Waals surface area contributed by atoms with E-state index in [9.17, 15) is 9.59 Å². The number of furan rings is 1. The number of piperidine rings is 1. The fraction of sp³-hybridized carbons (Fsp3) is 0.400. The molecule has 0 N–H and O–H groups in total. The largest absolute Gasteiger partial charge is 0.472 e. The van der Waals surface area contributed by atoms with E-state index in [4.69, 9.17) is 9.15 Å². The quantitative estimate of drug-likeness (QED) is 0.789. The van der Waals surface area contributed by atoms with Crippen molar-refractivity contribution < 1.29 is 18.7 Å². The molecule has 0 spiro atoms. The molecular weight excluding hydrogens is 318 g/mol. The maximum atomic E-state index is 12.6. The van der Waals surface area contributed by atoms with E-state index < -0.39 is 0 Å². The zero-order chi connectivity index (χ0) is 17.2. The Labute approximate surface area is 146 Å². The van der Waals surface area contributed by atoms with Crippen LogP contribution in [0.2, 0.25) is 0 Å². The highest BCUT2D eigenvalue weighted by Crippen LogP contribution is 2.40. The number of hydrogen-bond acceptors (Lipinski definition) is 4. The van der Waals surface area contributed by atoms with Crippen LogP contribution in [0, 0.1) is 5.92 Å². The SMILES string of the molecule is O=C(c1ccoc1)C1CC2CCC(C1)N2C(=O)OCc1ccccc1. The summed E-state index contributed by atoms with van der Waals surface area (Å²) >= 11 is 0. The molecule has 2 fully saturated rings. The number of benzene rings is 1. The fourth-order valence-electron chi connectivity index (χ4n) is 4.12. The van der Waals surface area contributed by atoms with E-state index in [1.54, 1.807) is 6.07 Å². The Bertz CT molecular complexity index is 726. The van der Waals surface area contributed by atoms with Gasteiger partial charge in [-0.1, -0.05) is 30.3 Å². The first-order chi connectivity index (χ1) is 12.2. The minimum absolute atomic E-state index is 0.0340. The third-order valence-corrected chi connectivity index (χ3v) is 5.33. The first-order valence-corrected chi connectivity index (χ1v) is 8.78.